The number of nitrogens with zero attached hydrogens (tertiary/aromatic N) is 3. The molecule has 1 aromatic rings. The lowest BCUT2D eigenvalue weighted by Gasteiger charge is -2.09. The van der Waals surface area contributed by atoms with Gasteiger partial charge in [0.2, 0.25) is 0 Å². The summed E-state index contributed by atoms with van der Waals surface area (Å²) in [5.74, 6) is 0. The number of likely N-dealkylation sites (N-methyl/N-ethyl adjacent to an activating group) is 1. The Kier molecular flexibility index (Phi) is 3.02. The summed E-state index contributed by atoms with van der Waals surface area (Å²) < 4.78 is 2.72. The summed E-state index contributed by atoms with van der Waals surface area (Å²) in [6, 6.07) is 0.410. The number of aromatic nitrogens is 3. The topological polar surface area (TPSA) is 42.7 Å². The first-order chi connectivity index (χ1) is 5.24. The van der Waals surface area contributed by atoms with Crippen molar-refractivity contribution in [2.45, 2.75) is 19.5 Å². The molecule has 0 aromatic carbocycles. The largest absolute Gasteiger partial charge is 0.315 e. The van der Waals surface area contributed by atoms with Crippen LogP contribution in [0.25, 0.3) is 0 Å². The highest BCUT2D eigenvalue weighted by molar-refractivity contribution is 9.10. The minimum Gasteiger partial charge on any atom is -0.315 e. The van der Waals surface area contributed by atoms with Gasteiger partial charge >= 0.3 is 0 Å². The third kappa shape index (κ3) is 2.27. The Bertz CT molecular complexity index is 222. The molecule has 5 heteroatoms. The molecule has 4 nitrogen and oxygen atoms in total. The Morgan fingerprint density at radius 1 is 1.82 bits per heavy atom. The number of nitrogens with one attached hydrogen (secondary N) is 1. The fourth-order valence-electron chi connectivity index (χ4n) is 0.720. The summed E-state index contributed by atoms with van der Waals surface area (Å²) in [6.45, 7) is 2.92. The van der Waals surface area contributed by atoms with Gasteiger partial charge in [0.05, 0.1) is 12.7 Å². The second-order valence-corrected chi connectivity index (χ2v) is 3.24. The number of hydrogen-bond acceptors (Lipinski definition) is 3. The molecular weight excluding hydrogens is 208 g/mol. The van der Waals surface area contributed by atoms with Crippen molar-refractivity contribution < 1.29 is 0 Å². The zero-order chi connectivity index (χ0) is 8.27. The van der Waals surface area contributed by atoms with E-state index in [0.717, 1.165) is 11.1 Å². The van der Waals surface area contributed by atoms with Crippen LogP contribution in [0.15, 0.2) is 10.8 Å². The average Bonchev–Trinajstić information content (AvgIpc) is 2.37. The van der Waals surface area contributed by atoms with Crippen LogP contribution in [0.1, 0.15) is 6.92 Å². The molecule has 0 saturated carbocycles. The summed E-state index contributed by atoms with van der Waals surface area (Å²) >= 11 is 3.33. The molecule has 1 N–H and O–H groups in total. The average molecular weight is 219 g/mol. The van der Waals surface area contributed by atoms with Gasteiger partial charge in [0, 0.05) is 6.04 Å². The van der Waals surface area contributed by atoms with E-state index >= 15 is 0 Å². The zero-order valence-corrected chi connectivity index (χ0v) is 8.17. The number of rotatable bonds is 3. The number of hydrogen-bond donors (Lipinski definition) is 1. The van der Waals surface area contributed by atoms with Crippen molar-refractivity contribution in [2.24, 2.45) is 0 Å². The first-order valence-corrected chi connectivity index (χ1v) is 4.24. The molecule has 0 amide bonds. The van der Waals surface area contributed by atoms with Gasteiger partial charge in [0.1, 0.15) is 4.60 Å². The Hall–Kier alpha value is -0.420. The van der Waals surface area contributed by atoms with Crippen molar-refractivity contribution in [3.05, 3.63) is 10.8 Å². The lowest BCUT2D eigenvalue weighted by atomic mass is 10.3. The maximum Gasteiger partial charge on any atom is 0.124 e. The Morgan fingerprint density at radius 3 is 3.00 bits per heavy atom. The first-order valence-electron chi connectivity index (χ1n) is 3.45. The summed E-state index contributed by atoms with van der Waals surface area (Å²) in [5, 5.41) is 10.8. The van der Waals surface area contributed by atoms with E-state index in [0.29, 0.717) is 6.04 Å². The van der Waals surface area contributed by atoms with Crippen LogP contribution in [0.5, 0.6) is 0 Å². The van der Waals surface area contributed by atoms with Gasteiger partial charge in [-0.3, -0.25) is 0 Å². The molecule has 0 aliphatic heterocycles. The third-order valence-corrected chi connectivity index (χ3v) is 2.12. The minimum atomic E-state index is 0.410. The Labute approximate surface area is 74.1 Å². The van der Waals surface area contributed by atoms with Crippen LogP contribution in [0, 0.1) is 0 Å². The van der Waals surface area contributed by atoms with E-state index in [2.05, 4.69) is 38.5 Å². The molecule has 0 radical (unpaired) electrons. The van der Waals surface area contributed by atoms with Crippen LogP contribution < -0.4 is 5.32 Å². The smallest absolute Gasteiger partial charge is 0.124 e. The van der Waals surface area contributed by atoms with Crippen LogP contribution in [0.3, 0.4) is 0 Å². The third-order valence-electron chi connectivity index (χ3n) is 1.51. The van der Waals surface area contributed by atoms with E-state index in [4.69, 9.17) is 0 Å². The zero-order valence-electron chi connectivity index (χ0n) is 6.58. The normalized spacial score (nSPS) is 13.4. The molecule has 0 aliphatic carbocycles. The quantitative estimate of drug-likeness (QED) is 0.811. The van der Waals surface area contributed by atoms with E-state index in [1.807, 2.05) is 7.05 Å². The summed E-state index contributed by atoms with van der Waals surface area (Å²) in [5.41, 5.74) is 0. The molecular formula is C6H11BrN4. The molecule has 0 bridgehead atoms. The van der Waals surface area contributed by atoms with Crippen molar-refractivity contribution in [2.75, 3.05) is 7.05 Å². The van der Waals surface area contributed by atoms with E-state index in [9.17, 15) is 0 Å². The molecule has 1 heterocycles. The van der Waals surface area contributed by atoms with Gasteiger partial charge in [-0.1, -0.05) is 5.21 Å². The Balaban J connectivity index is 2.56. The van der Waals surface area contributed by atoms with Crippen molar-refractivity contribution in [3.63, 3.8) is 0 Å². The van der Waals surface area contributed by atoms with Gasteiger partial charge < -0.3 is 5.32 Å². The molecule has 0 aliphatic rings. The van der Waals surface area contributed by atoms with Gasteiger partial charge in [0.15, 0.2) is 0 Å². The molecule has 0 fully saturated rings. The highest BCUT2D eigenvalue weighted by atomic mass is 79.9. The predicted molar refractivity (Wildman–Crippen MR) is 46.2 cm³/mol. The molecule has 1 aromatic heterocycles. The molecule has 1 rings (SSSR count). The second-order valence-electron chi connectivity index (χ2n) is 2.43. The summed E-state index contributed by atoms with van der Waals surface area (Å²) in [6.07, 6.45) is 1.68. The van der Waals surface area contributed by atoms with Gasteiger partial charge in [-0.05, 0) is 29.9 Å². The number of halogens is 1. The summed E-state index contributed by atoms with van der Waals surface area (Å²) in [4.78, 5) is 0. The van der Waals surface area contributed by atoms with Crippen molar-refractivity contribution >= 4 is 15.9 Å². The SMILES string of the molecule is CNC(C)Cn1nncc1Br. The Morgan fingerprint density at radius 2 is 2.55 bits per heavy atom. The van der Waals surface area contributed by atoms with E-state index in [-0.39, 0.29) is 0 Å². The maximum absolute atomic E-state index is 3.88. The van der Waals surface area contributed by atoms with Crippen molar-refractivity contribution in [3.8, 4) is 0 Å². The van der Waals surface area contributed by atoms with Gasteiger partial charge in [-0.15, -0.1) is 5.10 Å². The highest BCUT2D eigenvalue weighted by Crippen LogP contribution is 2.05. The van der Waals surface area contributed by atoms with E-state index in [1.165, 1.54) is 0 Å². The molecule has 11 heavy (non-hydrogen) atoms. The van der Waals surface area contributed by atoms with Crippen LogP contribution in [-0.4, -0.2) is 28.1 Å². The van der Waals surface area contributed by atoms with Crippen molar-refractivity contribution in [1.29, 1.82) is 0 Å². The van der Waals surface area contributed by atoms with E-state index in [1.54, 1.807) is 10.9 Å². The molecule has 0 saturated heterocycles. The van der Waals surface area contributed by atoms with Gasteiger partial charge in [-0.2, -0.15) is 0 Å². The molecule has 1 atom stereocenters. The van der Waals surface area contributed by atoms with Crippen molar-refractivity contribution in [1.82, 2.24) is 20.3 Å². The monoisotopic (exact) mass is 218 g/mol. The van der Waals surface area contributed by atoms with Gasteiger partial charge in [0.25, 0.3) is 0 Å². The maximum atomic E-state index is 3.88. The first kappa shape index (κ1) is 8.67. The lowest BCUT2D eigenvalue weighted by molar-refractivity contribution is 0.466. The van der Waals surface area contributed by atoms with E-state index < -0.39 is 0 Å². The van der Waals surface area contributed by atoms with Gasteiger partial charge in [-0.25, -0.2) is 4.68 Å². The van der Waals surface area contributed by atoms with Crippen LogP contribution in [0.2, 0.25) is 0 Å². The minimum absolute atomic E-state index is 0.410. The fourth-order valence-corrected chi connectivity index (χ4v) is 1.03. The molecule has 62 valence electrons. The second kappa shape index (κ2) is 3.82. The predicted octanol–water partition coefficient (Wildman–Crippen LogP) is 0.648. The molecule has 0 spiro atoms. The highest BCUT2D eigenvalue weighted by Gasteiger charge is 2.03. The van der Waals surface area contributed by atoms with Crippen LogP contribution >= 0.6 is 15.9 Å². The summed E-state index contributed by atoms with van der Waals surface area (Å²) in [7, 11) is 1.93. The van der Waals surface area contributed by atoms with Crippen LogP contribution in [0.4, 0.5) is 0 Å². The fraction of sp³-hybridized carbons (Fsp3) is 0.667. The van der Waals surface area contributed by atoms with Crippen LogP contribution in [-0.2, 0) is 6.54 Å². The molecule has 1 unspecified atom stereocenters. The standard InChI is InChI=1S/C6H11BrN4/c1-5(8-2)4-11-6(7)3-9-10-11/h3,5,8H,4H2,1-2H3. The lowest BCUT2D eigenvalue weighted by Crippen LogP contribution is -2.27.